The van der Waals surface area contributed by atoms with Crippen LogP contribution in [0.1, 0.15) is 32.6 Å². The molecule has 1 heterocycles. The largest absolute Gasteiger partial charge is 0.481 e. The summed E-state index contributed by atoms with van der Waals surface area (Å²) in [5.41, 5.74) is -0.905. The van der Waals surface area contributed by atoms with Gasteiger partial charge in [0, 0.05) is 32.5 Å². The molecular formula is C13H20F2N2O3. The van der Waals surface area contributed by atoms with Crippen molar-refractivity contribution >= 4 is 12.0 Å². The zero-order valence-electron chi connectivity index (χ0n) is 11.5. The van der Waals surface area contributed by atoms with Crippen LogP contribution in [-0.4, -0.2) is 47.6 Å². The highest BCUT2D eigenvalue weighted by Gasteiger charge is 2.43. The number of nitrogens with zero attached hydrogens (tertiary/aromatic N) is 1. The molecule has 1 aliphatic carbocycles. The van der Waals surface area contributed by atoms with Crippen molar-refractivity contribution in [3.05, 3.63) is 0 Å². The molecule has 0 bridgehead atoms. The van der Waals surface area contributed by atoms with Gasteiger partial charge < -0.3 is 15.3 Å². The van der Waals surface area contributed by atoms with Crippen LogP contribution in [0.25, 0.3) is 0 Å². The number of rotatable bonds is 3. The normalized spacial score (nSPS) is 32.4. The standard InChI is InChI=1S/C13H20F2N2O3/c1-12(10(18)19)4-5-17(8-12)11(20)16-7-9-2-3-13(14,15)6-9/h9H,2-8H2,1H3,(H,16,20)(H,18,19). The molecule has 0 aromatic carbocycles. The van der Waals surface area contributed by atoms with Crippen molar-refractivity contribution in [2.24, 2.45) is 11.3 Å². The number of urea groups is 1. The van der Waals surface area contributed by atoms with Gasteiger partial charge >= 0.3 is 12.0 Å². The highest BCUT2D eigenvalue weighted by atomic mass is 19.3. The van der Waals surface area contributed by atoms with Gasteiger partial charge in [-0.25, -0.2) is 13.6 Å². The summed E-state index contributed by atoms with van der Waals surface area (Å²) in [4.78, 5) is 24.4. The van der Waals surface area contributed by atoms with Gasteiger partial charge in [0.05, 0.1) is 5.41 Å². The van der Waals surface area contributed by atoms with Gasteiger partial charge in [-0.1, -0.05) is 0 Å². The van der Waals surface area contributed by atoms with Gasteiger partial charge in [-0.05, 0) is 25.7 Å². The smallest absolute Gasteiger partial charge is 0.317 e. The second-order valence-electron chi connectivity index (χ2n) is 6.19. The summed E-state index contributed by atoms with van der Waals surface area (Å²) in [6, 6.07) is -0.356. The molecule has 2 N–H and O–H groups in total. The van der Waals surface area contributed by atoms with Crippen LogP contribution in [0.3, 0.4) is 0 Å². The Morgan fingerprint density at radius 3 is 2.60 bits per heavy atom. The van der Waals surface area contributed by atoms with E-state index in [9.17, 15) is 18.4 Å². The first-order valence-electron chi connectivity index (χ1n) is 6.86. The molecule has 1 aliphatic heterocycles. The predicted molar refractivity (Wildman–Crippen MR) is 67.6 cm³/mol. The van der Waals surface area contributed by atoms with E-state index in [0.717, 1.165) is 0 Å². The number of alkyl halides is 2. The Kier molecular flexibility index (Phi) is 3.88. The van der Waals surface area contributed by atoms with Gasteiger partial charge in [-0.3, -0.25) is 4.79 Å². The van der Waals surface area contributed by atoms with Crippen LogP contribution >= 0.6 is 0 Å². The molecule has 20 heavy (non-hydrogen) atoms. The highest BCUT2D eigenvalue weighted by molar-refractivity contribution is 5.79. The number of hydrogen-bond acceptors (Lipinski definition) is 2. The van der Waals surface area contributed by atoms with Crippen molar-refractivity contribution in [2.75, 3.05) is 19.6 Å². The minimum absolute atomic E-state index is 0.117. The zero-order valence-corrected chi connectivity index (χ0v) is 11.5. The number of amides is 2. The summed E-state index contributed by atoms with van der Waals surface area (Å²) in [7, 11) is 0. The molecule has 2 rings (SSSR count). The summed E-state index contributed by atoms with van der Waals surface area (Å²) in [6.45, 7) is 2.39. The van der Waals surface area contributed by atoms with Gasteiger partial charge in [0.1, 0.15) is 0 Å². The first kappa shape index (κ1) is 15.0. The van der Waals surface area contributed by atoms with Crippen LogP contribution in [0.2, 0.25) is 0 Å². The molecule has 2 aliphatic rings. The van der Waals surface area contributed by atoms with E-state index in [0.29, 0.717) is 19.4 Å². The second kappa shape index (κ2) is 5.18. The molecule has 0 radical (unpaired) electrons. The SMILES string of the molecule is CC1(C(=O)O)CCN(C(=O)NCC2CCC(F)(F)C2)C1. The van der Waals surface area contributed by atoms with E-state index in [1.807, 2.05) is 0 Å². The number of likely N-dealkylation sites (tertiary alicyclic amines) is 1. The van der Waals surface area contributed by atoms with Crippen LogP contribution < -0.4 is 5.32 Å². The number of carbonyl (C=O) groups excluding carboxylic acids is 1. The number of carbonyl (C=O) groups is 2. The topological polar surface area (TPSA) is 69.6 Å². The number of aliphatic carboxylic acids is 1. The van der Waals surface area contributed by atoms with E-state index < -0.39 is 17.3 Å². The lowest BCUT2D eigenvalue weighted by Crippen LogP contribution is -2.42. The van der Waals surface area contributed by atoms with Crippen molar-refractivity contribution in [3.8, 4) is 0 Å². The van der Waals surface area contributed by atoms with Gasteiger partial charge in [0.2, 0.25) is 5.92 Å². The fourth-order valence-corrected chi connectivity index (χ4v) is 2.87. The van der Waals surface area contributed by atoms with Crippen molar-refractivity contribution < 1.29 is 23.5 Å². The molecule has 0 aromatic rings. The monoisotopic (exact) mass is 290 g/mol. The van der Waals surface area contributed by atoms with E-state index in [4.69, 9.17) is 5.11 Å². The number of hydrogen-bond donors (Lipinski definition) is 2. The van der Waals surface area contributed by atoms with Crippen LogP contribution in [0, 0.1) is 11.3 Å². The number of carboxylic acid groups (broad SMARTS) is 1. The molecule has 2 unspecified atom stereocenters. The fraction of sp³-hybridized carbons (Fsp3) is 0.846. The molecule has 5 nitrogen and oxygen atoms in total. The summed E-state index contributed by atoms with van der Waals surface area (Å²) >= 11 is 0. The maximum absolute atomic E-state index is 13.0. The Morgan fingerprint density at radius 1 is 1.40 bits per heavy atom. The first-order chi connectivity index (χ1) is 9.22. The third-order valence-corrected chi connectivity index (χ3v) is 4.32. The highest BCUT2D eigenvalue weighted by Crippen LogP contribution is 2.38. The summed E-state index contributed by atoms with van der Waals surface area (Å²) in [6.07, 6.45) is 0.534. The van der Waals surface area contributed by atoms with Crippen LogP contribution in [0.15, 0.2) is 0 Å². The van der Waals surface area contributed by atoms with E-state index in [2.05, 4.69) is 5.32 Å². The second-order valence-corrected chi connectivity index (χ2v) is 6.19. The fourth-order valence-electron chi connectivity index (χ4n) is 2.87. The van der Waals surface area contributed by atoms with Crippen LogP contribution in [-0.2, 0) is 4.79 Å². The van der Waals surface area contributed by atoms with Crippen molar-refractivity contribution in [2.45, 2.75) is 38.5 Å². The van der Waals surface area contributed by atoms with Gasteiger partial charge in [-0.2, -0.15) is 0 Å². The van der Waals surface area contributed by atoms with E-state index in [1.54, 1.807) is 6.92 Å². The number of halogens is 2. The minimum atomic E-state index is -2.61. The molecule has 2 amide bonds. The summed E-state index contributed by atoms with van der Waals surface area (Å²) < 4.78 is 26.0. The maximum Gasteiger partial charge on any atom is 0.317 e. The van der Waals surface area contributed by atoms with Crippen LogP contribution in [0.4, 0.5) is 13.6 Å². The van der Waals surface area contributed by atoms with Gasteiger partial charge in [-0.15, -0.1) is 0 Å². The Balaban J connectivity index is 1.78. The predicted octanol–water partition coefficient (Wildman–Crippen LogP) is 1.93. The van der Waals surface area contributed by atoms with Crippen molar-refractivity contribution in [1.29, 1.82) is 0 Å². The molecule has 114 valence electrons. The molecule has 1 saturated carbocycles. The van der Waals surface area contributed by atoms with Gasteiger partial charge in [0.25, 0.3) is 0 Å². The average Bonchev–Trinajstić information content (AvgIpc) is 2.91. The number of carboxylic acids is 1. The molecule has 7 heteroatoms. The third kappa shape index (κ3) is 3.19. The van der Waals surface area contributed by atoms with E-state index in [-0.39, 0.29) is 37.9 Å². The van der Waals surface area contributed by atoms with E-state index >= 15 is 0 Å². The van der Waals surface area contributed by atoms with Gasteiger partial charge in [0.15, 0.2) is 0 Å². The molecule has 0 aromatic heterocycles. The molecule has 2 atom stereocenters. The molecule has 1 saturated heterocycles. The lowest BCUT2D eigenvalue weighted by atomic mass is 9.90. The Bertz CT molecular complexity index is 416. The molecule has 2 fully saturated rings. The van der Waals surface area contributed by atoms with Crippen molar-refractivity contribution in [3.63, 3.8) is 0 Å². The Hall–Kier alpha value is -1.40. The lowest BCUT2D eigenvalue weighted by Gasteiger charge is -2.21. The molecular weight excluding hydrogens is 270 g/mol. The maximum atomic E-state index is 13.0. The quantitative estimate of drug-likeness (QED) is 0.834. The Morgan fingerprint density at radius 2 is 2.10 bits per heavy atom. The lowest BCUT2D eigenvalue weighted by molar-refractivity contribution is -0.147. The minimum Gasteiger partial charge on any atom is -0.481 e. The first-order valence-corrected chi connectivity index (χ1v) is 6.86. The zero-order chi connectivity index (χ0) is 15.0. The number of nitrogens with one attached hydrogen (secondary N) is 1. The summed E-state index contributed by atoms with van der Waals surface area (Å²) in [5, 5.41) is 11.7. The Labute approximate surface area is 116 Å². The van der Waals surface area contributed by atoms with E-state index in [1.165, 1.54) is 4.90 Å². The average molecular weight is 290 g/mol. The van der Waals surface area contributed by atoms with Crippen LogP contribution in [0.5, 0.6) is 0 Å². The molecule has 0 spiro atoms. The summed E-state index contributed by atoms with van der Waals surface area (Å²) in [5.74, 6) is -3.71. The third-order valence-electron chi connectivity index (χ3n) is 4.32. The van der Waals surface area contributed by atoms with Crippen molar-refractivity contribution in [1.82, 2.24) is 10.2 Å².